The largest absolute Gasteiger partial charge is 0.508 e. The summed E-state index contributed by atoms with van der Waals surface area (Å²) in [6.07, 6.45) is 1.55. The van der Waals surface area contributed by atoms with Gasteiger partial charge >= 0.3 is 11.9 Å². The lowest BCUT2D eigenvalue weighted by Crippen LogP contribution is -2.57. The van der Waals surface area contributed by atoms with E-state index in [1.54, 1.807) is 18.4 Å². The van der Waals surface area contributed by atoms with Crippen molar-refractivity contribution < 1.29 is 39.3 Å². The highest BCUT2D eigenvalue weighted by Gasteiger charge is 2.29. The molecule has 0 aliphatic rings. The van der Waals surface area contributed by atoms with Crippen LogP contribution in [-0.2, 0) is 30.4 Å². The van der Waals surface area contributed by atoms with Crippen molar-refractivity contribution in [3.63, 3.8) is 0 Å². The summed E-state index contributed by atoms with van der Waals surface area (Å²) >= 11 is 1.42. The highest BCUT2D eigenvalue weighted by atomic mass is 32.2. The Morgan fingerprint density at radius 2 is 1.51 bits per heavy atom. The van der Waals surface area contributed by atoms with Gasteiger partial charge in [0.2, 0.25) is 17.7 Å². The molecule has 0 aliphatic carbocycles. The Morgan fingerprint density at radius 1 is 0.914 bits per heavy atom. The van der Waals surface area contributed by atoms with Gasteiger partial charge in [-0.15, -0.1) is 0 Å². The summed E-state index contributed by atoms with van der Waals surface area (Å²) in [6.45, 7) is 1.37. The quantitative estimate of drug-likeness (QED) is 0.159. The zero-order chi connectivity index (χ0) is 26.5. The van der Waals surface area contributed by atoms with Crippen LogP contribution in [0.25, 0.3) is 0 Å². The second kappa shape index (κ2) is 14.8. The molecule has 0 aromatic heterocycles. The first-order chi connectivity index (χ1) is 16.4. The van der Waals surface area contributed by atoms with Gasteiger partial charge in [-0.05, 0) is 49.5 Å². The summed E-state index contributed by atoms with van der Waals surface area (Å²) in [5, 5.41) is 34.9. The zero-order valence-electron chi connectivity index (χ0n) is 19.5. The standard InChI is InChI=1S/C22H32N4O8S/c1-12(24-20(31)15(23)7-8-18(28)29)19(30)26-17(11-13-3-5-14(27)6-4-13)21(32)25-16(22(33)34)9-10-35-2/h3-6,12,15-17,27H,7-11,23H2,1-2H3,(H,24,31)(H,25,32)(H,26,30)(H,28,29)(H,33,34). The van der Waals surface area contributed by atoms with Gasteiger partial charge in [-0.3, -0.25) is 19.2 Å². The molecule has 1 aromatic rings. The molecule has 0 spiro atoms. The predicted molar refractivity (Wildman–Crippen MR) is 129 cm³/mol. The first kappa shape index (κ1) is 29.7. The Morgan fingerprint density at radius 3 is 2.06 bits per heavy atom. The lowest BCUT2D eigenvalue weighted by Gasteiger charge is -2.24. The van der Waals surface area contributed by atoms with Crippen LogP contribution in [0.4, 0.5) is 0 Å². The van der Waals surface area contributed by atoms with Crippen molar-refractivity contribution in [1.82, 2.24) is 16.0 Å². The Bertz CT molecular complexity index is 896. The molecule has 0 fully saturated rings. The van der Waals surface area contributed by atoms with Crippen LogP contribution in [0.2, 0.25) is 0 Å². The number of amides is 3. The molecule has 8 N–H and O–H groups in total. The third-order valence-electron chi connectivity index (χ3n) is 4.99. The fourth-order valence-corrected chi connectivity index (χ4v) is 3.41. The number of benzene rings is 1. The number of carbonyl (C=O) groups excluding carboxylic acids is 3. The lowest BCUT2D eigenvalue weighted by molar-refractivity contribution is -0.142. The number of aromatic hydroxyl groups is 1. The maximum atomic E-state index is 12.9. The van der Waals surface area contributed by atoms with E-state index in [1.165, 1.54) is 30.8 Å². The number of aliphatic carboxylic acids is 2. The first-order valence-electron chi connectivity index (χ1n) is 10.8. The normalized spacial score (nSPS) is 14.1. The van der Waals surface area contributed by atoms with Crippen LogP contribution in [0.5, 0.6) is 5.75 Å². The minimum Gasteiger partial charge on any atom is -0.508 e. The molecule has 194 valence electrons. The highest BCUT2D eigenvalue weighted by Crippen LogP contribution is 2.12. The third kappa shape index (κ3) is 11.1. The summed E-state index contributed by atoms with van der Waals surface area (Å²) in [5.41, 5.74) is 6.24. The second-order valence-corrected chi connectivity index (χ2v) is 8.87. The van der Waals surface area contributed by atoms with Crippen molar-refractivity contribution in [3.05, 3.63) is 29.8 Å². The van der Waals surface area contributed by atoms with Crippen molar-refractivity contribution in [1.29, 1.82) is 0 Å². The van der Waals surface area contributed by atoms with E-state index in [0.717, 1.165) is 0 Å². The maximum Gasteiger partial charge on any atom is 0.326 e. The van der Waals surface area contributed by atoms with Crippen molar-refractivity contribution in [2.45, 2.75) is 56.8 Å². The van der Waals surface area contributed by atoms with Gasteiger partial charge in [0, 0.05) is 12.8 Å². The number of hydrogen-bond acceptors (Lipinski definition) is 8. The van der Waals surface area contributed by atoms with E-state index in [1.807, 2.05) is 0 Å². The number of carboxylic acid groups (broad SMARTS) is 2. The van der Waals surface area contributed by atoms with Gasteiger partial charge < -0.3 is 37.0 Å². The van der Waals surface area contributed by atoms with E-state index in [0.29, 0.717) is 11.3 Å². The molecule has 0 aliphatic heterocycles. The van der Waals surface area contributed by atoms with Crippen LogP contribution in [0.3, 0.4) is 0 Å². The number of carbonyl (C=O) groups is 5. The molecule has 1 rings (SSSR count). The summed E-state index contributed by atoms with van der Waals surface area (Å²) in [6, 6.07) is 1.35. The van der Waals surface area contributed by atoms with Crippen molar-refractivity contribution in [2.24, 2.45) is 5.73 Å². The average molecular weight is 513 g/mol. The van der Waals surface area contributed by atoms with Gasteiger partial charge in [0.1, 0.15) is 23.9 Å². The summed E-state index contributed by atoms with van der Waals surface area (Å²) in [4.78, 5) is 60.0. The Hall–Kier alpha value is -3.32. The number of rotatable bonds is 15. The van der Waals surface area contributed by atoms with Crippen LogP contribution in [0.1, 0.15) is 31.7 Å². The molecule has 4 unspecified atom stereocenters. The fourth-order valence-electron chi connectivity index (χ4n) is 2.94. The number of phenolic OH excluding ortho intramolecular Hbond substituents is 1. The molecule has 0 bridgehead atoms. The van der Waals surface area contributed by atoms with Crippen LogP contribution >= 0.6 is 11.8 Å². The van der Waals surface area contributed by atoms with Crippen molar-refractivity contribution in [3.8, 4) is 5.75 Å². The molecule has 13 heteroatoms. The van der Waals surface area contributed by atoms with Gasteiger partial charge in [0.05, 0.1) is 6.04 Å². The molecule has 0 saturated heterocycles. The molecule has 12 nitrogen and oxygen atoms in total. The number of carboxylic acids is 2. The van der Waals surface area contributed by atoms with E-state index < -0.39 is 53.8 Å². The van der Waals surface area contributed by atoms with Gasteiger partial charge in [0.25, 0.3) is 0 Å². The Kier molecular flexibility index (Phi) is 12.6. The number of nitrogens with one attached hydrogen (secondary N) is 3. The van der Waals surface area contributed by atoms with Gasteiger partial charge in [-0.25, -0.2) is 4.79 Å². The van der Waals surface area contributed by atoms with Gasteiger partial charge in [-0.2, -0.15) is 11.8 Å². The second-order valence-electron chi connectivity index (χ2n) is 7.88. The molecule has 0 heterocycles. The molecule has 4 atom stereocenters. The van der Waals surface area contributed by atoms with Crippen LogP contribution in [-0.4, -0.2) is 81.2 Å². The predicted octanol–water partition coefficient (Wildman–Crippen LogP) is -0.561. The summed E-state index contributed by atoms with van der Waals surface area (Å²) in [5.74, 6) is -3.99. The Labute approximate surface area is 207 Å². The highest BCUT2D eigenvalue weighted by molar-refractivity contribution is 7.98. The minimum absolute atomic E-state index is 0.00842. The number of phenols is 1. The van der Waals surface area contributed by atoms with E-state index in [-0.39, 0.29) is 31.4 Å². The third-order valence-corrected chi connectivity index (χ3v) is 5.64. The van der Waals surface area contributed by atoms with Gasteiger partial charge in [0.15, 0.2) is 0 Å². The summed E-state index contributed by atoms with van der Waals surface area (Å²) < 4.78 is 0. The topological polar surface area (TPSA) is 208 Å². The first-order valence-corrected chi connectivity index (χ1v) is 12.2. The molecule has 0 radical (unpaired) electrons. The molecular formula is C22H32N4O8S. The van der Waals surface area contributed by atoms with E-state index in [9.17, 15) is 34.2 Å². The van der Waals surface area contributed by atoms with Crippen molar-refractivity contribution >= 4 is 41.4 Å². The Balaban J connectivity index is 2.93. The molecule has 3 amide bonds. The molecule has 0 saturated carbocycles. The smallest absolute Gasteiger partial charge is 0.326 e. The molecule has 35 heavy (non-hydrogen) atoms. The monoisotopic (exact) mass is 512 g/mol. The molecular weight excluding hydrogens is 480 g/mol. The number of nitrogens with two attached hydrogens (primary N) is 1. The average Bonchev–Trinajstić information content (AvgIpc) is 2.80. The van der Waals surface area contributed by atoms with Crippen LogP contribution in [0, 0.1) is 0 Å². The van der Waals surface area contributed by atoms with Gasteiger partial charge in [-0.1, -0.05) is 12.1 Å². The maximum absolute atomic E-state index is 12.9. The summed E-state index contributed by atoms with van der Waals surface area (Å²) in [7, 11) is 0. The lowest BCUT2D eigenvalue weighted by atomic mass is 10.0. The SMILES string of the molecule is CSCCC(NC(=O)C(Cc1ccc(O)cc1)NC(=O)C(C)NC(=O)C(N)CCC(=O)O)C(=O)O. The minimum atomic E-state index is -1.21. The van der Waals surface area contributed by atoms with E-state index in [4.69, 9.17) is 10.8 Å². The number of hydrogen-bond donors (Lipinski definition) is 7. The van der Waals surface area contributed by atoms with Crippen LogP contribution in [0.15, 0.2) is 24.3 Å². The number of thioether (sulfide) groups is 1. The van der Waals surface area contributed by atoms with Crippen molar-refractivity contribution in [2.75, 3.05) is 12.0 Å². The zero-order valence-corrected chi connectivity index (χ0v) is 20.3. The molecule has 1 aromatic carbocycles. The van der Waals surface area contributed by atoms with Crippen LogP contribution < -0.4 is 21.7 Å². The fraction of sp³-hybridized carbons (Fsp3) is 0.500. The van der Waals surface area contributed by atoms with E-state index >= 15 is 0 Å². The van der Waals surface area contributed by atoms with E-state index in [2.05, 4.69) is 16.0 Å².